The van der Waals surface area contributed by atoms with Gasteiger partial charge in [-0.2, -0.15) is 0 Å². The number of aryl methyl sites for hydroxylation is 1. The molecule has 0 atom stereocenters. The number of halogens is 1. The molecule has 0 saturated heterocycles. The highest BCUT2D eigenvalue weighted by molar-refractivity contribution is 6.04. The van der Waals surface area contributed by atoms with Gasteiger partial charge < -0.3 is 15.2 Å². The molecule has 0 bridgehead atoms. The largest absolute Gasteiger partial charge is 0.491 e. The van der Waals surface area contributed by atoms with E-state index in [4.69, 9.17) is 9.84 Å². The number of ether oxygens (including phenoxy) is 1. The molecule has 2 aromatic rings. The summed E-state index contributed by atoms with van der Waals surface area (Å²) in [6, 6.07) is 6.55. The van der Waals surface area contributed by atoms with Crippen LogP contribution in [-0.2, 0) is 0 Å². The zero-order valence-electron chi connectivity index (χ0n) is 13.6. The predicted molar refractivity (Wildman–Crippen MR) is 88.5 cm³/mol. The third kappa shape index (κ3) is 4.12. The number of hydrogen-bond donors (Lipinski definition) is 2. The molecule has 6 nitrogen and oxygen atoms in total. The van der Waals surface area contributed by atoms with Gasteiger partial charge in [-0.1, -0.05) is 0 Å². The van der Waals surface area contributed by atoms with Crippen molar-refractivity contribution < 1.29 is 23.8 Å². The van der Waals surface area contributed by atoms with E-state index in [1.54, 1.807) is 0 Å². The number of carbonyl (C=O) groups is 2. The Bertz CT molecular complexity index is 834. The molecule has 1 aromatic carbocycles. The molecule has 0 aliphatic heterocycles. The van der Waals surface area contributed by atoms with E-state index < -0.39 is 17.7 Å². The van der Waals surface area contributed by atoms with E-state index in [1.807, 2.05) is 0 Å². The van der Waals surface area contributed by atoms with E-state index >= 15 is 0 Å². The van der Waals surface area contributed by atoms with Crippen LogP contribution < -0.4 is 10.1 Å². The summed E-state index contributed by atoms with van der Waals surface area (Å²) < 4.78 is 19.2. The Labute approximate surface area is 143 Å². The number of aromatic nitrogens is 1. The first-order chi connectivity index (χ1) is 11.9. The van der Waals surface area contributed by atoms with Crippen molar-refractivity contribution in [3.05, 3.63) is 53.1 Å². The molecule has 0 radical (unpaired) electrons. The lowest BCUT2D eigenvalue weighted by atomic mass is 10.2. The zero-order valence-corrected chi connectivity index (χ0v) is 13.6. The van der Waals surface area contributed by atoms with Gasteiger partial charge in [0.05, 0.1) is 23.6 Å². The maximum Gasteiger partial charge on any atom is 0.337 e. The van der Waals surface area contributed by atoms with Crippen molar-refractivity contribution in [1.29, 1.82) is 0 Å². The molecule has 2 N–H and O–H groups in total. The molecular weight excluding hydrogens is 327 g/mol. The topological polar surface area (TPSA) is 88.5 Å². The number of amides is 1. The van der Waals surface area contributed by atoms with Crippen molar-refractivity contribution in [2.45, 2.75) is 19.8 Å². The summed E-state index contributed by atoms with van der Waals surface area (Å²) in [7, 11) is 0. The molecule has 0 unspecified atom stereocenters. The van der Waals surface area contributed by atoms with Crippen molar-refractivity contribution in [3.8, 4) is 5.75 Å². The fourth-order valence-electron chi connectivity index (χ4n) is 2.32. The van der Waals surface area contributed by atoms with Gasteiger partial charge in [0.2, 0.25) is 0 Å². The monoisotopic (exact) mass is 344 g/mol. The van der Waals surface area contributed by atoms with Crippen LogP contribution in [0.15, 0.2) is 30.3 Å². The van der Waals surface area contributed by atoms with Crippen LogP contribution in [-0.4, -0.2) is 28.6 Å². The number of aromatic carboxylic acids is 1. The van der Waals surface area contributed by atoms with Crippen LogP contribution in [0.2, 0.25) is 0 Å². The molecule has 1 aromatic heterocycles. The normalized spacial score (nSPS) is 13.4. The average molecular weight is 344 g/mol. The van der Waals surface area contributed by atoms with Gasteiger partial charge in [-0.25, -0.2) is 14.2 Å². The number of hydrogen-bond acceptors (Lipinski definition) is 4. The SMILES string of the molecule is Cc1nc(C(=O)Nc2cc(F)ccc2OCC2CC2)ccc1C(=O)O. The lowest BCUT2D eigenvalue weighted by Gasteiger charge is -2.12. The lowest BCUT2D eigenvalue weighted by molar-refractivity contribution is 0.0695. The molecule has 25 heavy (non-hydrogen) atoms. The van der Waals surface area contributed by atoms with Gasteiger partial charge in [-0.3, -0.25) is 4.79 Å². The Hall–Kier alpha value is -2.96. The van der Waals surface area contributed by atoms with E-state index in [2.05, 4.69) is 10.3 Å². The quantitative estimate of drug-likeness (QED) is 0.840. The number of carboxylic acids is 1. The van der Waals surface area contributed by atoms with Crippen molar-refractivity contribution in [3.63, 3.8) is 0 Å². The second-order valence-electron chi connectivity index (χ2n) is 5.98. The lowest BCUT2D eigenvalue weighted by Crippen LogP contribution is -2.16. The number of carboxylic acid groups (broad SMARTS) is 1. The standard InChI is InChI=1S/C18H17FN2O4/c1-10-13(18(23)24)5-6-14(20-10)17(22)21-15-8-12(19)4-7-16(15)25-9-11-2-3-11/h4-8,11H,2-3,9H2,1H3,(H,21,22)(H,23,24). The number of nitrogens with one attached hydrogen (secondary N) is 1. The van der Waals surface area contributed by atoms with Gasteiger partial charge in [0.25, 0.3) is 5.91 Å². The molecule has 7 heteroatoms. The van der Waals surface area contributed by atoms with Crippen LogP contribution in [0, 0.1) is 18.7 Å². The molecule has 1 heterocycles. The first-order valence-electron chi connectivity index (χ1n) is 7.88. The molecule has 1 amide bonds. The second kappa shape index (κ2) is 6.88. The molecule has 0 spiro atoms. The van der Waals surface area contributed by atoms with Crippen molar-refractivity contribution in [2.75, 3.05) is 11.9 Å². The van der Waals surface area contributed by atoms with Crippen molar-refractivity contribution in [1.82, 2.24) is 4.98 Å². The van der Waals surface area contributed by atoms with Crippen LogP contribution >= 0.6 is 0 Å². The third-order valence-electron chi connectivity index (χ3n) is 3.91. The van der Waals surface area contributed by atoms with E-state index in [9.17, 15) is 14.0 Å². The molecule has 1 fully saturated rings. The first kappa shape index (κ1) is 16.9. The van der Waals surface area contributed by atoms with Crippen molar-refractivity contribution in [2.24, 2.45) is 5.92 Å². The Kier molecular flexibility index (Phi) is 4.65. The van der Waals surface area contributed by atoms with Crippen LogP contribution in [0.25, 0.3) is 0 Å². The molecule has 1 saturated carbocycles. The minimum atomic E-state index is -1.11. The number of anilines is 1. The number of carbonyl (C=O) groups excluding carboxylic acids is 1. The van der Waals surface area contributed by atoms with E-state index in [-0.39, 0.29) is 22.6 Å². The summed E-state index contributed by atoms with van der Waals surface area (Å²) in [4.78, 5) is 27.4. The molecule has 130 valence electrons. The van der Waals surface area contributed by atoms with Gasteiger partial charge >= 0.3 is 5.97 Å². The van der Waals surface area contributed by atoms with E-state index in [0.717, 1.165) is 12.8 Å². The summed E-state index contributed by atoms with van der Waals surface area (Å²) in [5, 5.41) is 11.6. The van der Waals surface area contributed by atoms with Crippen LogP contribution in [0.3, 0.4) is 0 Å². The summed E-state index contributed by atoms with van der Waals surface area (Å²) in [5.41, 5.74) is 0.507. The Morgan fingerprint density at radius 1 is 1.32 bits per heavy atom. The van der Waals surface area contributed by atoms with Crippen molar-refractivity contribution >= 4 is 17.6 Å². The van der Waals surface area contributed by atoms with Gasteiger partial charge in [0.15, 0.2) is 0 Å². The number of rotatable bonds is 6. The smallest absolute Gasteiger partial charge is 0.337 e. The van der Waals surface area contributed by atoms with E-state index in [1.165, 1.54) is 37.3 Å². The molecule has 1 aliphatic carbocycles. The third-order valence-corrected chi connectivity index (χ3v) is 3.91. The Balaban J connectivity index is 1.78. The number of benzene rings is 1. The minimum absolute atomic E-state index is 0.0239. The van der Waals surface area contributed by atoms with Crippen LogP contribution in [0.5, 0.6) is 5.75 Å². The van der Waals surface area contributed by atoms with Gasteiger partial charge in [0, 0.05) is 6.07 Å². The van der Waals surface area contributed by atoms with Gasteiger partial charge in [-0.05, 0) is 49.9 Å². The van der Waals surface area contributed by atoms with E-state index in [0.29, 0.717) is 18.3 Å². The summed E-state index contributed by atoms with van der Waals surface area (Å²) in [6.45, 7) is 2.03. The zero-order chi connectivity index (χ0) is 18.0. The highest BCUT2D eigenvalue weighted by Crippen LogP contribution is 2.32. The maximum atomic E-state index is 13.5. The van der Waals surface area contributed by atoms with Gasteiger partial charge in [-0.15, -0.1) is 0 Å². The summed E-state index contributed by atoms with van der Waals surface area (Å²) >= 11 is 0. The fourth-order valence-corrected chi connectivity index (χ4v) is 2.32. The highest BCUT2D eigenvalue weighted by Gasteiger charge is 2.23. The molecule has 3 rings (SSSR count). The maximum absolute atomic E-state index is 13.5. The van der Waals surface area contributed by atoms with Crippen LogP contribution in [0.4, 0.5) is 10.1 Å². The summed E-state index contributed by atoms with van der Waals surface area (Å²) in [6.07, 6.45) is 2.23. The van der Waals surface area contributed by atoms with Gasteiger partial charge in [0.1, 0.15) is 17.3 Å². The molecule has 1 aliphatic rings. The fraction of sp³-hybridized carbons (Fsp3) is 0.278. The average Bonchev–Trinajstić information content (AvgIpc) is 3.38. The Morgan fingerprint density at radius 3 is 2.72 bits per heavy atom. The number of nitrogens with zero attached hydrogens (tertiary/aromatic N) is 1. The minimum Gasteiger partial charge on any atom is -0.491 e. The predicted octanol–water partition coefficient (Wildman–Crippen LogP) is 3.27. The highest BCUT2D eigenvalue weighted by atomic mass is 19.1. The first-order valence-corrected chi connectivity index (χ1v) is 7.88. The molecular formula is C18H17FN2O4. The number of pyridine rings is 1. The Morgan fingerprint density at radius 2 is 2.08 bits per heavy atom. The summed E-state index contributed by atoms with van der Waals surface area (Å²) in [5.74, 6) is -1.28. The van der Waals surface area contributed by atoms with Crippen LogP contribution in [0.1, 0.15) is 39.4 Å². The second-order valence-corrected chi connectivity index (χ2v) is 5.98.